The average molecular weight is 220 g/mol. The fraction of sp³-hybridized carbons (Fsp3) is 0.333. The van der Waals surface area contributed by atoms with Crippen LogP contribution >= 0.6 is 0 Å². The minimum Gasteiger partial charge on any atom is -0.496 e. The zero-order valence-electron chi connectivity index (χ0n) is 9.10. The van der Waals surface area contributed by atoms with Gasteiger partial charge in [0.1, 0.15) is 17.2 Å². The third kappa shape index (κ3) is 1.16. The maximum absolute atomic E-state index is 5.67. The van der Waals surface area contributed by atoms with Gasteiger partial charge in [-0.2, -0.15) is 0 Å². The van der Waals surface area contributed by atoms with Gasteiger partial charge in [0.25, 0.3) is 6.29 Å². The molecule has 0 saturated carbocycles. The quantitative estimate of drug-likeness (QED) is 0.764. The molecule has 1 aromatic rings. The average Bonchev–Trinajstić information content (AvgIpc) is 2.86. The van der Waals surface area contributed by atoms with Crippen LogP contribution in [-0.2, 0) is 4.74 Å². The number of hydrogen-bond acceptors (Lipinski definition) is 4. The van der Waals surface area contributed by atoms with Crippen LogP contribution in [0.3, 0.4) is 0 Å². The van der Waals surface area contributed by atoms with Crippen molar-refractivity contribution in [3.05, 3.63) is 30.0 Å². The maximum Gasteiger partial charge on any atom is 0.250 e. The van der Waals surface area contributed by atoms with E-state index in [0.29, 0.717) is 0 Å². The number of fused-ring (bicyclic) bond motifs is 3. The molecule has 2 aliphatic rings. The lowest BCUT2D eigenvalue weighted by Crippen LogP contribution is -2.14. The lowest BCUT2D eigenvalue weighted by molar-refractivity contribution is -0.00490. The molecule has 0 aromatic heterocycles. The molecule has 0 radical (unpaired) electrons. The van der Waals surface area contributed by atoms with Gasteiger partial charge in [-0.25, -0.2) is 0 Å². The Morgan fingerprint density at radius 1 is 1.19 bits per heavy atom. The van der Waals surface area contributed by atoms with Crippen LogP contribution in [0.25, 0.3) is 0 Å². The molecule has 2 unspecified atom stereocenters. The highest BCUT2D eigenvalue weighted by Gasteiger charge is 2.39. The molecule has 16 heavy (non-hydrogen) atoms. The second kappa shape index (κ2) is 3.33. The molecule has 2 heterocycles. The monoisotopic (exact) mass is 220 g/mol. The zero-order chi connectivity index (χ0) is 11.1. The van der Waals surface area contributed by atoms with Gasteiger partial charge in [-0.1, -0.05) is 0 Å². The molecule has 3 rings (SSSR count). The lowest BCUT2D eigenvalue weighted by Gasteiger charge is -2.09. The molecule has 0 saturated heterocycles. The molecule has 0 aliphatic carbocycles. The van der Waals surface area contributed by atoms with E-state index in [1.165, 1.54) is 0 Å². The Morgan fingerprint density at radius 2 is 2.06 bits per heavy atom. The normalized spacial score (nSPS) is 24.4. The van der Waals surface area contributed by atoms with Gasteiger partial charge in [0.2, 0.25) is 0 Å². The van der Waals surface area contributed by atoms with Crippen molar-refractivity contribution in [2.24, 2.45) is 0 Å². The van der Waals surface area contributed by atoms with Crippen molar-refractivity contribution in [1.29, 1.82) is 0 Å². The summed E-state index contributed by atoms with van der Waals surface area (Å²) < 4.78 is 21.5. The van der Waals surface area contributed by atoms with Gasteiger partial charge < -0.3 is 18.9 Å². The number of benzene rings is 1. The highest BCUT2D eigenvalue weighted by atomic mass is 16.7. The smallest absolute Gasteiger partial charge is 0.250 e. The Bertz CT molecular complexity index is 453. The topological polar surface area (TPSA) is 36.9 Å². The minimum atomic E-state index is -0.254. The third-order valence-corrected chi connectivity index (χ3v) is 2.90. The third-order valence-electron chi connectivity index (χ3n) is 2.90. The van der Waals surface area contributed by atoms with Crippen LogP contribution in [0, 0.1) is 0 Å². The van der Waals surface area contributed by atoms with Crippen LogP contribution in [0.15, 0.2) is 24.5 Å². The number of methoxy groups -OCH3 is 2. The summed E-state index contributed by atoms with van der Waals surface area (Å²) in [6.07, 6.45) is 3.39. The van der Waals surface area contributed by atoms with Gasteiger partial charge in [-0.3, -0.25) is 0 Å². The molecule has 0 bridgehead atoms. The van der Waals surface area contributed by atoms with E-state index in [1.807, 2.05) is 18.2 Å². The van der Waals surface area contributed by atoms with Gasteiger partial charge >= 0.3 is 0 Å². The van der Waals surface area contributed by atoms with Gasteiger partial charge in [0, 0.05) is 12.1 Å². The van der Waals surface area contributed by atoms with Crippen LogP contribution < -0.4 is 14.2 Å². The first-order chi connectivity index (χ1) is 7.83. The van der Waals surface area contributed by atoms with Crippen molar-refractivity contribution in [3.8, 4) is 17.2 Å². The summed E-state index contributed by atoms with van der Waals surface area (Å²) in [5.41, 5.74) is 1.03. The van der Waals surface area contributed by atoms with Gasteiger partial charge in [0.05, 0.1) is 32.0 Å². The Balaban J connectivity index is 2.13. The van der Waals surface area contributed by atoms with Crippen LogP contribution in [0.4, 0.5) is 0 Å². The summed E-state index contributed by atoms with van der Waals surface area (Å²) in [7, 11) is 3.26. The van der Waals surface area contributed by atoms with E-state index in [0.717, 1.165) is 22.8 Å². The summed E-state index contributed by atoms with van der Waals surface area (Å²) >= 11 is 0. The van der Waals surface area contributed by atoms with E-state index < -0.39 is 0 Å². The predicted molar refractivity (Wildman–Crippen MR) is 56.9 cm³/mol. The molecule has 4 heteroatoms. The second-order valence-corrected chi connectivity index (χ2v) is 3.72. The number of ether oxygens (including phenoxy) is 4. The minimum absolute atomic E-state index is 0.121. The standard InChI is InChI=1S/C12H12O4/c1-13-7-5-9(14-2)11-8-3-4-15-12(8)16-10(11)6-7/h3-6,8,12H,1-2H3. The van der Waals surface area contributed by atoms with Crippen LogP contribution in [-0.4, -0.2) is 20.5 Å². The van der Waals surface area contributed by atoms with E-state index in [9.17, 15) is 0 Å². The fourth-order valence-electron chi connectivity index (χ4n) is 2.13. The molecular formula is C12H12O4. The first kappa shape index (κ1) is 9.39. The summed E-state index contributed by atoms with van der Waals surface area (Å²) in [5.74, 6) is 2.39. The van der Waals surface area contributed by atoms with Crippen LogP contribution in [0.5, 0.6) is 17.2 Å². The largest absolute Gasteiger partial charge is 0.496 e. The second-order valence-electron chi connectivity index (χ2n) is 3.72. The molecule has 84 valence electrons. The fourth-order valence-corrected chi connectivity index (χ4v) is 2.13. The van der Waals surface area contributed by atoms with Crippen molar-refractivity contribution in [2.75, 3.05) is 14.2 Å². The van der Waals surface area contributed by atoms with Crippen LogP contribution in [0.2, 0.25) is 0 Å². The summed E-state index contributed by atoms with van der Waals surface area (Å²) in [4.78, 5) is 0. The maximum atomic E-state index is 5.67. The Kier molecular flexibility index (Phi) is 1.96. The predicted octanol–water partition coefficient (Wildman–Crippen LogP) is 2.05. The van der Waals surface area contributed by atoms with E-state index in [1.54, 1.807) is 20.5 Å². The SMILES string of the molecule is COc1cc(OC)c2c(c1)OC1OC=CC21. The van der Waals surface area contributed by atoms with Gasteiger partial charge in [-0.05, 0) is 6.08 Å². The van der Waals surface area contributed by atoms with E-state index in [-0.39, 0.29) is 12.2 Å². The van der Waals surface area contributed by atoms with Gasteiger partial charge in [0.15, 0.2) is 0 Å². The summed E-state index contributed by atoms with van der Waals surface area (Å²) in [6, 6.07) is 3.71. The summed E-state index contributed by atoms with van der Waals surface area (Å²) in [6.45, 7) is 0. The molecule has 0 amide bonds. The molecule has 0 N–H and O–H groups in total. The van der Waals surface area contributed by atoms with Gasteiger partial charge in [-0.15, -0.1) is 0 Å². The van der Waals surface area contributed by atoms with Crippen molar-refractivity contribution in [2.45, 2.75) is 12.2 Å². The highest BCUT2D eigenvalue weighted by Crippen LogP contribution is 2.48. The molecule has 2 atom stereocenters. The summed E-state index contributed by atoms with van der Waals surface area (Å²) in [5, 5.41) is 0. The van der Waals surface area contributed by atoms with E-state index in [2.05, 4.69) is 0 Å². The molecule has 0 spiro atoms. The first-order valence-corrected chi connectivity index (χ1v) is 5.08. The molecular weight excluding hydrogens is 208 g/mol. The Labute approximate surface area is 93.4 Å². The number of rotatable bonds is 2. The first-order valence-electron chi connectivity index (χ1n) is 5.08. The van der Waals surface area contributed by atoms with Crippen LogP contribution in [0.1, 0.15) is 11.5 Å². The van der Waals surface area contributed by atoms with Crippen molar-refractivity contribution >= 4 is 0 Å². The Morgan fingerprint density at radius 3 is 2.81 bits per heavy atom. The molecule has 0 fully saturated rings. The Hall–Kier alpha value is -1.84. The van der Waals surface area contributed by atoms with Crippen molar-refractivity contribution < 1.29 is 18.9 Å². The van der Waals surface area contributed by atoms with Crippen molar-refractivity contribution in [1.82, 2.24) is 0 Å². The van der Waals surface area contributed by atoms with Crippen molar-refractivity contribution in [3.63, 3.8) is 0 Å². The van der Waals surface area contributed by atoms with E-state index >= 15 is 0 Å². The zero-order valence-corrected chi connectivity index (χ0v) is 9.10. The molecule has 4 nitrogen and oxygen atoms in total. The lowest BCUT2D eigenvalue weighted by atomic mass is 10.00. The van der Waals surface area contributed by atoms with E-state index in [4.69, 9.17) is 18.9 Å². The number of hydrogen-bond donors (Lipinski definition) is 0. The highest BCUT2D eigenvalue weighted by molar-refractivity contribution is 5.56. The molecule has 2 aliphatic heterocycles. The molecule has 1 aromatic carbocycles.